The maximum Gasteiger partial charge on any atom is 0.407 e. The molecule has 1 rings (SSSR count). The van der Waals surface area contributed by atoms with Crippen LogP contribution in [0.15, 0.2) is 30.3 Å². The van der Waals surface area contributed by atoms with Gasteiger partial charge < -0.3 is 15.2 Å². The van der Waals surface area contributed by atoms with Gasteiger partial charge in [0.1, 0.15) is 11.2 Å². The van der Waals surface area contributed by atoms with E-state index in [1.165, 1.54) is 0 Å². The van der Waals surface area contributed by atoms with E-state index in [9.17, 15) is 9.90 Å². The lowest BCUT2D eigenvalue weighted by molar-refractivity contribution is 0.000344. The Morgan fingerprint density at radius 1 is 1.32 bits per heavy atom. The van der Waals surface area contributed by atoms with Crippen molar-refractivity contribution >= 4 is 6.09 Å². The van der Waals surface area contributed by atoms with E-state index in [0.29, 0.717) is 18.4 Å². The second-order valence-electron chi connectivity index (χ2n) is 6.46. The molecule has 0 aliphatic carbocycles. The van der Waals surface area contributed by atoms with Crippen molar-refractivity contribution in [1.29, 1.82) is 0 Å². The Kier molecular flexibility index (Phi) is 6.01. The molecule has 0 saturated carbocycles. The average Bonchev–Trinajstić information content (AvgIpc) is 2.42. The lowest BCUT2D eigenvalue weighted by Crippen LogP contribution is -2.50. The molecule has 0 heterocycles. The maximum atomic E-state index is 12.0. The number of nitrogens with one attached hydrogen (secondary N) is 1. The molecule has 0 saturated heterocycles. The minimum absolute atomic E-state index is 0.448. The molecule has 0 fully saturated rings. The number of alkyl carbamates (subject to hydrolysis) is 1. The van der Waals surface area contributed by atoms with Gasteiger partial charge in [-0.05, 0) is 39.7 Å². The molecule has 0 aliphatic heterocycles. The van der Waals surface area contributed by atoms with Gasteiger partial charge in [0.25, 0.3) is 0 Å². The maximum absolute atomic E-state index is 12.0. The molecule has 0 aliphatic rings. The molecule has 0 radical (unpaired) electrons. The molecule has 2 N–H and O–H groups in total. The standard InChI is InChI=1S/C18H25NO3/c1-6-7-13-15(19-16(20)22-17(2,3)4)18(5,21)14-11-9-8-10-12-14/h1,8-12,15,21H,7,13H2,2-5H3,(H,19,20)/t15-,18?/m1/s1. The summed E-state index contributed by atoms with van der Waals surface area (Å²) in [5.41, 5.74) is -1.12. The van der Waals surface area contributed by atoms with Crippen LogP contribution in [0.4, 0.5) is 4.79 Å². The molecule has 1 aromatic carbocycles. The Balaban J connectivity index is 2.92. The highest BCUT2D eigenvalue weighted by Gasteiger charge is 2.35. The first kappa shape index (κ1) is 18.1. The number of ether oxygens (including phenoxy) is 1. The summed E-state index contributed by atoms with van der Waals surface area (Å²) >= 11 is 0. The van der Waals surface area contributed by atoms with Gasteiger partial charge in [0.05, 0.1) is 6.04 Å². The largest absolute Gasteiger partial charge is 0.444 e. The van der Waals surface area contributed by atoms with Gasteiger partial charge in [-0.25, -0.2) is 4.79 Å². The summed E-state index contributed by atoms with van der Waals surface area (Å²) in [4.78, 5) is 12.0. The van der Waals surface area contributed by atoms with E-state index >= 15 is 0 Å². The number of hydrogen-bond donors (Lipinski definition) is 2. The van der Waals surface area contributed by atoms with Crippen molar-refractivity contribution in [2.45, 2.75) is 57.8 Å². The van der Waals surface area contributed by atoms with Gasteiger partial charge in [-0.1, -0.05) is 30.3 Å². The van der Waals surface area contributed by atoms with Gasteiger partial charge >= 0.3 is 6.09 Å². The molecule has 1 aromatic rings. The summed E-state index contributed by atoms with van der Waals surface area (Å²) in [5.74, 6) is 2.54. The van der Waals surface area contributed by atoms with Crippen LogP contribution in [0.3, 0.4) is 0 Å². The van der Waals surface area contributed by atoms with Gasteiger partial charge in [-0.3, -0.25) is 0 Å². The van der Waals surface area contributed by atoms with Gasteiger partial charge in [0.15, 0.2) is 0 Å². The van der Waals surface area contributed by atoms with Crippen molar-refractivity contribution in [3.63, 3.8) is 0 Å². The van der Waals surface area contributed by atoms with Crippen LogP contribution >= 0.6 is 0 Å². The van der Waals surface area contributed by atoms with Crippen LogP contribution in [0.1, 0.15) is 46.1 Å². The zero-order chi connectivity index (χ0) is 16.8. The third-order valence-corrected chi connectivity index (χ3v) is 3.31. The van der Waals surface area contributed by atoms with Crippen LogP contribution in [0.2, 0.25) is 0 Å². The zero-order valence-electron chi connectivity index (χ0n) is 13.7. The molecular formula is C18H25NO3. The van der Waals surface area contributed by atoms with Crippen molar-refractivity contribution in [2.75, 3.05) is 0 Å². The number of aliphatic hydroxyl groups is 1. The zero-order valence-corrected chi connectivity index (χ0v) is 13.7. The number of carbonyl (C=O) groups is 1. The smallest absolute Gasteiger partial charge is 0.407 e. The second-order valence-corrected chi connectivity index (χ2v) is 6.46. The van der Waals surface area contributed by atoms with Crippen LogP contribution in [-0.2, 0) is 10.3 Å². The van der Waals surface area contributed by atoms with Crippen LogP contribution in [0.5, 0.6) is 0 Å². The SMILES string of the molecule is C#CCC[C@@H](NC(=O)OC(C)(C)C)C(C)(O)c1ccccc1. The van der Waals surface area contributed by atoms with E-state index in [-0.39, 0.29) is 0 Å². The Hall–Kier alpha value is -1.99. The van der Waals surface area contributed by atoms with Gasteiger partial charge in [0.2, 0.25) is 0 Å². The van der Waals surface area contributed by atoms with E-state index in [1.807, 2.05) is 30.3 Å². The Morgan fingerprint density at radius 2 is 1.91 bits per heavy atom. The molecule has 4 nitrogen and oxygen atoms in total. The number of benzene rings is 1. The molecular weight excluding hydrogens is 278 g/mol. The predicted molar refractivity (Wildman–Crippen MR) is 87.2 cm³/mol. The van der Waals surface area contributed by atoms with Crippen LogP contribution in [0, 0.1) is 12.3 Å². The van der Waals surface area contributed by atoms with Gasteiger partial charge in [-0.2, -0.15) is 0 Å². The molecule has 2 atom stereocenters. The first-order valence-corrected chi connectivity index (χ1v) is 7.37. The number of amides is 1. The van der Waals surface area contributed by atoms with Crippen LogP contribution < -0.4 is 5.32 Å². The van der Waals surface area contributed by atoms with E-state index in [1.54, 1.807) is 27.7 Å². The summed E-state index contributed by atoms with van der Waals surface area (Å²) in [6.45, 7) is 7.04. The Morgan fingerprint density at radius 3 is 2.41 bits per heavy atom. The Bertz CT molecular complexity index is 524. The number of carbonyl (C=O) groups excluding carboxylic acids is 1. The number of rotatable bonds is 5. The minimum Gasteiger partial charge on any atom is -0.444 e. The Labute approximate surface area is 132 Å². The molecule has 1 amide bonds. The number of terminal acetylenes is 1. The number of hydrogen-bond acceptors (Lipinski definition) is 3. The normalized spacial score (nSPS) is 15.3. The fraction of sp³-hybridized carbons (Fsp3) is 0.500. The second kappa shape index (κ2) is 7.33. The predicted octanol–water partition coefficient (Wildman–Crippen LogP) is 3.20. The average molecular weight is 303 g/mol. The van der Waals surface area contributed by atoms with Crippen molar-refractivity contribution in [1.82, 2.24) is 5.32 Å². The summed E-state index contributed by atoms with van der Waals surface area (Å²) in [7, 11) is 0. The van der Waals surface area contributed by atoms with Gasteiger partial charge in [-0.15, -0.1) is 12.3 Å². The molecule has 4 heteroatoms. The fourth-order valence-corrected chi connectivity index (χ4v) is 2.15. The summed E-state index contributed by atoms with van der Waals surface area (Å²) < 4.78 is 5.27. The molecule has 120 valence electrons. The van der Waals surface area contributed by atoms with Crippen molar-refractivity contribution < 1.29 is 14.6 Å². The van der Waals surface area contributed by atoms with Gasteiger partial charge in [0, 0.05) is 6.42 Å². The monoisotopic (exact) mass is 303 g/mol. The molecule has 0 spiro atoms. The molecule has 22 heavy (non-hydrogen) atoms. The fourth-order valence-electron chi connectivity index (χ4n) is 2.15. The molecule has 1 unspecified atom stereocenters. The molecule has 0 bridgehead atoms. The highest BCUT2D eigenvalue weighted by molar-refractivity contribution is 5.68. The minimum atomic E-state index is -1.24. The quantitative estimate of drug-likeness (QED) is 0.821. The lowest BCUT2D eigenvalue weighted by atomic mass is 9.86. The third-order valence-electron chi connectivity index (χ3n) is 3.31. The van der Waals surface area contributed by atoms with E-state index in [0.717, 1.165) is 0 Å². The lowest BCUT2D eigenvalue weighted by Gasteiger charge is -2.34. The third kappa shape index (κ3) is 5.42. The molecule has 0 aromatic heterocycles. The van der Waals surface area contributed by atoms with Crippen molar-refractivity contribution in [3.05, 3.63) is 35.9 Å². The van der Waals surface area contributed by atoms with Crippen molar-refractivity contribution in [3.8, 4) is 12.3 Å². The topological polar surface area (TPSA) is 58.6 Å². The van der Waals surface area contributed by atoms with Crippen molar-refractivity contribution in [2.24, 2.45) is 0 Å². The van der Waals surface area contributed by atoms with Crippen LogP contribution in [0.25, 0.3) is 0 Å². The van der Waals surface area contributed by atoms with E-state index in [4.69, 9.17) is 11.2 Å². The summed E-state index contributed by atoms with van der Waals surface area (Å²) in [5, 5.41) is 13.6. The van der Waals surface area contributed by atoms with Crippen LogP contribution in [-0.4, -0.2) is 22.8 Å². The van der Waals surface area contributed by atoms with E-state index in [2.05, 4.69) is 11.2 Å². The van der Waals surface area contributed by atoms with E-state index < -0.39 is 23.3 Å². The summed E-state index contributed by atoms with van der Waals surface area (Å²) in [6, 6.07) is 8.66. The first-order valence-electron chi connectivity index (χ1n) is 7.37. The summed E-state index contributed by atoms with van der Waals surface area (Å²) in [6.07, 6.45) is 5.66. The highest BCUT2D eigenvalue weighted by Crippen LogP contribution is 2.27. The first-order chi connectivity index (χ1) is 10.2. The highest BCUT2D eigenvalue weighted by atomic mass is 16.6.